The van der Waals surface area contributed by atoms with Crippen molar-refractivity contribution in [1.29, 1.82) is 0 Å². The summed E-state index contributed by atoms with van der Waals surface area (Å²) in [5, 5.41) is 2.09. The van der Waals surface area contributed by atoms with Gasteiger partial charge in [-0.25, -0.2) is 5.01 Å². The molecule has 0 aromatic carbocycles. The molecule has 66 valence electrons. The Morgan fingerprint density at radius 1 is 1.64 bits per heavy atom. The quantitative estimate of drug-likeness (QED) is 0.527. The van der Waals surface area contributed by atoms with Crippen molar-refractivity contribution in [3.63, 3.8) is 0 Å². The van der Waals surface area contributed by atoms with Gasteiger partial charge in [0.2, 0.25) is 0 Å². The molecule has 1 rings (SSSR count). The van der Waals surface area contributed by atoms with E-state index in [1.165, 1.54) is 0 Å². The molecular weight excluding hydrogens is 138 g/mol. The van der Waals surface area contributed by atoms with Gasteiger partial charge in [-0.05, 0) is 19.3 Å². The lowest BCUT2D eigenvalue weighted by Crippen LogP contribution is -2.47. The van der Waals surface area contributed by atoms with Gasteiger partial charge in [0.15, 0.2) is 0 Å². The van der Waals surface area contributed by atoms with Crippen LogP contribution < -0.4 is 11.2 Å². The summed E-state index contributed by atoms with van der Waals surface area (Å²) in [6, 6.07) is 0. The van der Waals surface area contributed by atoms with Crippen LogP contribution in [-0.2, 0) is 0 Å². The zero-order chi connectivity index (χ0) is 8.48. The first-order valence-corrected chi connectivity index (χ1v) is 4.23. The van der Waals surface area contributed by atoms with Crippen LogP contribution in [0.5, 0.6) is 0 Å². The molecule has 0 bridgehead atoms. The normalized spacial score (nSPS) is 42.0. The van der Waals surface area contributed by atoms with Crippen molar-refractivity contribution in [1.82, 2.24) is 10.4 Å². The molecule has 0 aromatic rings. The molecule has 0 amide bonds. The van der Waals surface area contributed by atoms with Gasteiger partial charge in [-0.2, -0.15) is 0 Å². The molecule has 1 fully saturated rings. The minimum atomic E-state index is -0.0301. The van der Waals surface area contributed by atoms with E-state index in [9.17, 15) is 0 Å². The van der Waals surface area contributed by atoms with Crippen LogP contribution in [0.1, 0.15) is 20.3 Å². The van der Waals surface area contributed by atoms with Gasteiger partial charge in [-0.3, -0.25) is 5.43 Å². The molecule has 11 heavy (non-hydrogen) atoms. The van der Waals surface area contributed by atoms with Crippen molar-refractivity contribution < 1.29 is 0 Å². The van der Waals surface area contributed by atoms with Crippen molar-refractivity contribution in [2.75, 3.05) is 20.1 Å². The Kier molecular flexibility index (Phi) is 2.52. The third-order valence-corrected chi connectivity index (χ3v) is 2.12. The van der Waals surface area contributed by atoms with E-state index in [-0.39, 0.29) is 5.54 Å². The summed E-state index contributed by atoms with van der Waals surface area (Å²) in [7, 11) is 2.04. The van der Waals surface area contributed by atoms with E-state index in [1.807, 2.05) is 7.05 Å². The molecule has 0 radical (unpaired) electrons. The molecule has 1 aliphatic heterocycles. The second kappa shape index (κ2) is 3.09. The number of hydrogen-bond donors (Lipinski definition) is 2. The Balaban J connectivity index is 2.55. The monoisotopic (exact) mass is 157 g/mol. The molecule has 0 spiro atoms. The highest BCUT2D eigenvalue weighted by molar-refractivity contribution is 4.85. The zero-order valence-corrected chi connectivity index (χ0v) is 7.72. The Labute approximate surface area is 68.9 Å². The van der Waals surface area contributed by atoms with Crippen LogP contribution in [0.25, 0.3) is 0 Å². The van der Waals surface area contributed by atoms with E-state index in [2.05, 4.69) is 24.3 Å². The minimum absolute atomic E-state index is 0.0301. The molecule has 2 atom stereocenters. The van der Waals surface area contributed by atoms with Gasteiger partial charge >= 0.3 is 0 Å². The number of nitrogens with one attached hydrogen (secondary N) is 1. The largest absolute Gasteiger partial charge is 0.324 e. The second-order valence-electron chi connectivity index (χ2n) is 4.18. The fourth-order valence-corrected chi connectivity index (χ4v) is 1.84. The van der Waals surface area contributed by atoms with Gasteiger partial charge in [0, 0.05) is 25.7 Å². The van der Waals surface area contributed by atoms with Gasteiger partial charge in [0.25, 0.3) is 0 Å². The van der Waals surface area contributed by atoms with Gasteiger partial charge in [-0.15, -0.1) is 0 Å². The van der Waals surface area contributed by atoms with Crippen molar-refractivity contribution in [2.45, 2.75) is 25.8 Å². The molecule has 1 heterocycles. The third kappa shape index (κ3) is 2.77. The third-order valence-electron chi connectivity index (χ3n) is 2.12. The van der Waals surface area contributed by atoms with Gasteiger partial charge in [0.05, 0.1) is 0 Å². The molecule has 3 N–H and O–H groups in total. The molecule has 2 unspecified atom stereocenters. The van der Waals surface area contributed by atoms with Gasteiger partial charge in [0.1, 0.15) is 0 Å². The lowest BCUT2D eigenvalue weighted by atomic mass is 9.91. The minimum Gasteiger partial charge on any atom is -0.324 e. The molecule has 3 nitrogen and oxygen atoms in total. The lowest BCUT2D eigenvalue weighted by Gasteiger charge is -2.26. The fraction of sp³-hybridized carbons (Fsp3) is 1.00. The average Bonchev–Trinajstić information content (AvgIpc) is 1.89. The van der Waals surface area contributed by atoms with Crippen LogP contribution >= 0.6 is 0 Å². The number of nitrogens with two attached hydrogens (primary N) is 1. The summed E-state index contributed by atoms with van der Waals surface area (Å²) >= 11 is 0. The lowest BCUT2D eigenvalue weighted by molar-refractivity contribution is 0.212. The number of likely N-dealkylation sites (N-methyl/N-ethyl adjacent to an activating group) is 1. The summed E-state index contributed by atoms with van der Waals surface area (Å²) in [6.07, 6.45) is 1.10. The van der Waals surface area contributed by atoms with Crippen LogP contribution in [0.4, 0.5) is 0 Å². The molecule has 0 aliphatic carbocycles. The second-order valence-corrected chi connectivity index (χ2v) is 4.18. The predicted octanol–water partition coefficient (Wildman–Crippen LogP) is 0.180. The molecule has 0 aromatic heterocycles. The summed E-state index contributed by atoms with van der Waals surface area (Å²) in [5.74, 6) is 0.676. The van der Waals surface area contributed by atoms with Crippen LogP contribution in [-0.4, -0.2) is 30.7 Å². The number of hydrazine groups is 1. The Bertz CT molecular complexity index is 119. The van der Waals surface area contributed by atoms with E-state index in [4.69, 9.17) is 5.73 Å². The van der Waals surface area contributed by atoms with E-state index in [1.54, 1.807) is 0 Å². The highest BCUT2D eigenvalue weighted by Gasteiger charge is 2.26. The maximum absolute atomic E-state index is 6.08. The SMILES string of the molecule is CC1CNN(C)CC(C)(N)C1. The van der Waals surface area contributed by atoms with Crippen LogP contribution in [0, 0.1) is 5.92 Å². The Hall–Kier alpha value is -0.120. The van der Waals surface area contributed by atoms with Crippen molar-refractivity contribution >= 4 is 0 Å². The molecular formula is C8H19N3. The number of hydrogen-bond acceptors (Lipinski definition) is 3. The summed E-state index contributed by atoms with van der Waals surface area (Å²) in [5.41, 5.74) is 9.35. The highest BCUT2D eigenvalue weighted by Crippen LogP contribution is 2.16. The Morgan fingerprint density at radius 2 is 2.27 bits per heavy atom. The van der Waals surface area contributed by atoms with Crippen LogP contribution in [0.2, 0.25) is 0 Å². The van der Waals surface area contributed by atoms with E-state index >= 15 is 0 Å². The molecule has 1 saturated heterocycles. The van der Waals surface area contributed by atoms with Crippen LogP contribution in [0.15, 0.2) is 0 Å². The first kappa shape index (κ1) is 8.97. The van der Waals surface area contributed by atoms with Gasteiger partial charge in [-0.1, -0.05) is 6.92 Å². The highest BCUT2D eigenvalue weighted by atomic mass is 15.5. The predicted molar refractivity (Wildman–Crippen MR) is 47.0 cm³/mol. The van der Waals surface area contributed by atoms with Crippen molar-refractivity contribution in [3.05, 3.63) is 0 Å². The maximum Gasteiger partial charge on any atom is 0.0306 e. The summed E-state index contributed by atoms with van der Waals surface area (Å²) in [4.78, 5) is 0. The fourth-order valence-electron chi connectivity index (χ4n) is 1.84. The van der Waals surface area contributed by atoms with E-state index in [0.29, 0.717) is 5.92 Å². The number of rotatable bonds is 0. The Morgan fingerprint density at radius 3 is 2.91 bits per heavy atom. The first-order chi connectivity index (χ1) is 4.99. The smallest absolute Gasteiger partial charge is 0.0306 e. The summed E-state index contributed by atoms with van der Waals surface area (Å²) in [6.45, 7) is 6.32. The van der Waals surface area contributed by atoms with E-state index in [0.717, 1.165) is 19.5 Å². The van der Waals surface area contributed by atoms with E-state index < -0.39 is 0 Å². The molecule has 1 aliphatic rings. The van der Waals surface area contributed by atoms with Crippen molar-refractivity contribution in [2.24, 2.45) is 11.7 Å². The standard InChI is InChI=1S/C8H19N3/c1-7-4-8(2,9)6-11(3)10-5-7/h7,10H,4-6,9H2,1-3H3. The maximum atomic E-state index is 6.08. The molecule has 0 saturated carbocycles. The topological polar surface area (TPSA) is 41.3 Å². The van der Waals surface area contributed by atoms with Gasteiger partial charge < -0.3 is 5.73 Å². The average molecular weight is 157 g/mol. The van der Waals surface area contributed by atoms with Crippen molar-refractivity contribution in [3.8, 4) is 0 Å². The van der Waals surface area contributed by atoms with Crippen LogP contribution in [0.3, 0.4) is 0 Å². The number of nitrogens with zero attached hydrogens (tertiary/aromatic N) is 1. The summed E-state index contributed by atoms with van der Waals surface area (Å²) < 4.78 is 0. The zero-order valence-electron chi connectivity index (χ0n) is 7.72. The molecule has 3 heteroatoms. The first-order valence-electron chi connectivity index (χ1n) is 4.23.